The van der Waals surface area contributed by atoms with Crippen LogP contribution < -0.4 is 15.0 Å². The molecule has 0 spiro atoms. The molecule has 7 heteroatoms. The monoisotopic (exact) mass is 234 g/mol. The summed E-state index contributed by atoms with van der Waals surface area (Å²) in [5.74, 6) is 0.330. The highest BCUT2D eigenvalue weighted by molar-refractivity contribution is 5.63. The number of hydrogen-bond acceptors (Lipinski definition) is 6. The Labute approximate surface area is 96.5 Å². The number of ether oxygens (including phenoxy) is 2. The summed E-state index contributed by atoms with van der Waals surface area (Å²) in [7, 11) is 2.95. The lowest BCUT2D eigenvalue weighted by molar-refractivity contribution is 0.353. The quantitative estimate of drug-likeness (QED) is 0.818. The molecule has 0 aliphatic carbocycles. The van der Waals surface area contributed by atoms with Crippen molar-refractivity contribution in [2.24, 2.45) is 0 Å². The SMILES string of the molecule is COc1ncc(-c2ccc(=O)[nH]n2)c(OC)n1. The first-order valence-electron chi connectivity index (χ1n) is 4.75. The van der Waals surface area contributed by atoms with Gasteiger partial charge in [-0.05, 0) is 6.07 Å². The smallest absolute Gasteiger partial charge is 0.319 e. The normalized spacial score (nSPS) is 10.0. The zero-order chi connectivity index (χ0) is 12.3. The first-order valence-corrected chi connectivity index (χ1v) is 4.75. The van der Waals surface area contributed by atoms with Gasteiger partial charge >= 0.3 is 6.01 Å². The van der Waals surface area contributed by atoms with E-state index in [1.54, 1.807) is 6.07 Å². The molecule has 0 saturated heterocycles. The van der Waals surface area contributed by atoms with Gasteiger partial charge in [0.05, 0.1) is 25.5 Å². The van der Waals surface area contributed by atoms with E-state index in [0.29, 0.717) is 17.1 Å². The number of nitrogens with zero attached hydrogens (tertiary/aromatic N) is 3. The second-order valence-corrected chi connectivity index (χ2v) is 3.09. The summed E-state index contributed by atoms with van der Waals surface area (Å²) in [5.41, 5.74) is 0.816. The Kier molecular flexibility index (Phi) is 2.99. The highest BCUT2D eigenvalue weighted by Crippen LogP contribution is 2.25. The standard InChI is InChI=1S/C10H10N4O3/c1-16-9-6(5-11-10(12-9)17-2)7-3-4-8(15)14-13-7/h3-5H,1-2H3,(H,14,15). The molecule has 17 heavy (non-hydrogen) atoms. The second kappa shape index (κ2) is 4.60. The number of aromatic amines is 1. The number of aromatic nitrogens is 4. The summed E-state index contributed by atoms with van der Waals surface area (Å²) in [6.07, 6.45) is 1.52. The molecular weight excluding hydrogens is 224 g/mol. The van der Waals surface area contributed by atoms with E-state index in [-0.39, 0.29) is 11.6 Å². The van der Waals surface area contributed by atoms with Crippen molar-refractivity contribution < 1.29 is 9.47 Å². The molecule has 0 aliphatic rings. The number of nitrogens with one attached hydrogen (secondary N) is 1. The predicted octanol–water partition coefficient (Wildman–Crippen LogP) is 0.244. The summed E-state index contributed by atoms with van der Waals surface area (Å²) >= 11 is 0. The lowest BCUT2D eigenvalue weighted by Gasteiger charge is -2.06. The molecule has 7 nitrogen and oxygen atoms in total. The van der Waals surface area contributed by atoms with E-state index in [0.717, 1.165) is 0 Å². The third kappa shape index (κ3) is 2.22. The van der Waals surface area contributed by atoms with Crippen LogP contribution in [0.25, 0.3) is 11.3 Å². The summed E-state index contributed by atoms with van der Waals surface area (Å²) in [6.45, 7) is 0. The maximum absolute atomic E-state index is 10.9. The van der Waals surface area contributed by atoms with Crippen LogP contribution in [0.1, 0.15) is 0 Å². The van der Waals surface area contributed by atoms with Crippen LogP contribution in [0.15, 0.2) is 23.1 Å². The first-order chi connectivity index (χ1) is 8.24. The van der Waals surface area contributed by atoms with Crippen LogP contribution in [0, 0.1) is 0 Å². The van der Waals surface area contributed by atoms with Crippen molar-refractivity contribution in [2.75, 3.05) is 14.2 Å². The van der Waals surface area contributed by atoms with Gasteiger partial charge in [-0.1, -0.05) is 0 Å². The van der Waals surface area contributed by atoms with E-state index in [1.165, 1.54) is 26.5 Å². The summed E-state index contributed by atoms with van der Waals surface area (Å²) in [5, 5.41) is 6.20. The molecule has 0 amide bonds. The zero-order valence-corrected chi connectivity index (χ0v) is 9.30. The molecule has 0 atom stereocenters. The molecule has 2 heterocycles. The molecule has 1 N–H and O–H groups in total. The van der Waals surface area contributed by atoms with Crippen LogP contribution in [0.5, 0.6) is 11.9 Å². The average Bonchev–Trinajstić information content (AvgIpc) is 2.39. The van der Waals surface area contributed by atoms with Crippen LogP contribution in [0.3, 0.4) is 0 Å². The Morgan fingerprint density at radius 1 is 1.24 bits per heavy atom. The number of methoxy groups -OCH3 is 2. The van der Waals surface area contributed by atoms with Gasteiger partial charge in [-0.2, -0.15) is 10.1 Å². The maximum Gasteiger partial charge on any atom is 0.319 e. The number of rotatable bonds is 3. The van der Waals surface area contributed by atoms with Gasteiger partial charge < -0.3 is 9.47 Å². The van der Waals surface area contributed by atoms with E-state index in [4.69, 9.17) is 9.47 Å². The molecule has 0 radical (unpaired) electrons. The van der Waals surface area contributed by atoms with Crippen molar-refractivity contribution in [2.45, 2.75) is 0 Å². The van der Waals surface area contributed by atoms with E-state index >= 15 is 0 Å². The second-order valence-electron chi connectivity index (χ2n) is 3.09. The van der Waals surface area contributed by atoms with Gasteiger partial charge in [0.25, 0.3) is 5.56 Å². The van der Waals surface area contributed by atoms with Gasteiger partial charge in [0, 0.05) is 12.3 Å². The van der Waals surface area contributed by atoms with Crippen LogP contribution in [0.2, 0.25) is 0 Å². The fraction of sp³-hybridized carbons (Fsp3) is 0.200. The Balaban J connectivity index is 2.51. The van der Waals surface area contributed by atoms with Crippen molar-refractivity contribution in [1.82, 2.24) is 20.2 Å². The van der Waals surface area contributed by atoms with Gasteiger partial charge in [-0.15, -0.1) is 0 Å². The predicted molar refractivity (Wildman–Crippen MR) is 59.0 cm³/mol. The van der Waals surface area contributed by atoms with Gasteiger partial charge in [-0.25, -0.2) is 10.1 Å². The minimum atomic E-state index is -0.276. The lowest BCUT2D eigenvalue weighted by atomic mass is 10.2. The molecule has 0 aromatic carbocycles. The third-order valence-electron chi connectivity index (χ3n) is 2.06. The molecule has 2 aromatic rings. The van der Waals surface area contributed by atoms with Crippen molar-refractivity contribution in [3.05, 3.63) is 28.7 Å². The molecular formula is C10H10N4O3. The fourth-order valence-corrected chi connectivity index (χ4v) is 1.28. The molecule has 0 saturated carbocycles. The molecule has 0 fully saturated rings. The summed E-state index contributed by atoms with van der Waals surface area (Å²) < 4.78 is 10.00. The zero-order valence-electron chi connectivity index (χ0n) is 9.30. The molecule has 0 bridgehead atoms. The van der Waals surface area contributed by atoms with E-state index in [1.807, 2.05) is 0 Å². The minimum Gasteiger partial charge on any atom is -0.480 e. The first kappa shape index (κ1) is 11.1. The van der Waals surface area contributed by atoms with Gasteiger partial charge in [-0.3, -0.25) is 4.79 Å². The molecule has 88 valence electrons. The average molecular weight is 234 g/mol. The lowest BCUT2D eigenvalue weighted by Crippen LogP contribution is -2.06. The van der Waals surface area contributed by atoms with E-state index in [9.17, 15) is 4.79 Å². The molecule has 2 rings (SSSR count). The third-order valence-corrected chi connectivity index (χ3v) is 2.06. The van der Waals surface area contributed by atoms with Crippen LogP contribution >= 0.6 is 0 Å². The Bertz CT molecular complexity index is 562. The highest BCUT2D eigenvalue weighted by Gasteiger charge is 2.11. The Morgan fingerprint density at radius 3 is 2.65 bits per heavy atom. The Morgan fingerprint density at radius 2 is 2.06 bits per heavy atom. The van der Waals surface area contributed by atoms with E-state index in [2.05, 4.69) is 20.2 Å². The largest absolute Gasteiger partial charge is 0.480 e. The topological polar surface area (TPSA) is 90.0 Å². The van der Waals surface area contributed by atoms with Crippen molar-refractivity contribution in [3.8, 4) is 23.1 Å². The van der Waals surface area contributed by atoms with Crippen molar-refractivity contribution in [1.29, 1.82) is 0 Å². The molecule has 2 aromatic heterocycles. The fourth-order valence-electron chi connectivity index (χ4n) is 1.28. The summed E-state index contributed by atoms with van der Waals surface area (Å²) in [4.78, 5) is 18.9. The van der Waals surface area contributed by atoms with Gasteiger partial charge in [0.2, 0.25) is 5.88 Å². The van der Waals surface area contributed by atoms with Crippen molar-refractivity contribution >= 4 is 0 Å². The molecule has 0 aliphatic heterocycles. The summed E-state index contributed by atoms with van der Waals surface area (Å²) in [6, 6.07) is 3.13. The van der Waals surface area contributed by atoms with Gasteiger partial charge in [0.1, 0.15) is 0 Å². The molecule has 0 unspecified atom stereocenters. The Hall–Kier alpha value is -2.44. The minimum absolute atomic E-state index is 0.204. The van der Waals surface area contributed by atoms with E-state index < -0.39 is 0 Å². The van der Waals surface area contributed by atoms with Gasteiger partial charge in [0.15, 0.2) is 0 Å². The number of hydrogen-bond donors (Lipinski definition) is 1. The van der Waals surface area contributed by atoms with Crippen LogP contribution in [0.4, 0.5) is 0 Å². The van der Waals surface area contributed by atoms with Crippen LogP contribution in [-0.2, 0) is 0 Å². The van der Waals surface area contributed by atoms with Crippen molar-refractivity contribution in [3.63, 3.8) is 0 Å². The maximum atomic E-state index is 10.9. The highest BCUT2D eigenvalue weighted by atomic mass is 16.5. The van der Waals surface area contributed by atoms with Crippen LogP contribution in [-0.4, -0.2) is 34.4 Å². The number of H-pyrrole nitrogens is 1.